The van der Waals surface area contributed by atoms with Crippen molar-refractivity contribution in [2.45, 2.75) is 31.7 Å². The topological polar surface area (TPSA) is 41.1 Å². The van der Waals surface area contributed by atoms with Gasteiger partial charge in [-0.15, -0.1) is 0 Å². The lowest BCUT2D eigenvalue weighted by Gasteiger charge is -2.11. The lowest BCUT2D eigenvalue weighted by atomic mass is 10.1. The molecule has 1 fully saturated rings. The summed E-state index contributed by atoms with van der Waals surface area (Å²) in [6.07, 6.45) is 0.290. The molecule has 1 aliphatic rings. The number of aryl methyl sites for hydroxylation is 1. The monoisotopic (exact) mass is 268 g/mol. The van der Waals surface area contributed by atoms with Crippen LogP contribution in [0.15, 0.2) is 24.3 Å². The highest BCUT2D eigenvalue weighted by atomic mass is 19.3. The molecule has 1 amide bonds. The number of amides is 1. The van der Waals surface area contributed by atoms with E-state index in [9.17, 15) is 13.6 Å². The molecule has 0 radical (unpaired) electrons. The summed E-state index contributed by atoms with van der Waals surface area (Å²) in [6, 6.07) is 7.26. The maximum Gasteiger partial charge on any atom is 0.262 e. The Morgan fingerprint density at radius 2 is 2.11 bits per heavy atom. The molecule has 2 rings (SSSR count). The van der Waals surface area contributed by atoms with Crippen molar-refractivity contribution in [1.82, 2.24) is 10.6 Å². The van der Waals surface area contributed by atoms with E-state index < -0.39 is 24.9 Å². The Morgan fingerprint density at radius 3 is 2.68 bits per heavy atom. The third kappa shape index (κ3) is 3.99. The summed E-state index contributed by atoms with van der Waals surface area (Å²) < 4.78 is 25.9. The Kier molecular flexibility index (Phi) is 4.14. The van der Waals surface area contributed by atoms with Gasteiger partial charge < -0.3 is 5.32 Å². The fraction of sp³-hybridized carbons (Fsp3) is 0.500. The molecule has 1 heterocycles. The molecule has 0 aliphatic carbocycles. The molecule has 1 aliphatic heterocycles. The van der Waals surface area contributed by atoms with E-state index in [-0.39, 0.29) is 5.91 Å². The molecule has 2 N–H and O–H groups in total. The third-order valence-electron chi connectivity index (χ3n) is 3.26. The molecule has 5 heteroatoms. The Hall–Kier alpha value is -1.49. The standard InChI is InChI=1S/C14H18F2N2O/c1-10-2-4-11(5-3-10)6-7-17-13(19)12-8-14(15,16)9-18-12/h2-5,12,18H,6-9H2,1H3,(H,17,19). The summed E-state index contributed by atoms with van der Waals surface area (Å²) in [5.41, 5.74) is 2.31. The van der Waals surface area contributed by atoms with Gasteiger partial charge in [0.1, 0.15) is 0 Å². The van der Waals surface area contributed by atoms with Crippen molar-refractivity contribution in [2.24, 2.45) is 0 Å². The minimum absolute atomic E-state index is 0.343. The number of halogens is 2. The zero-order valence-electron chi connectivity index (χ0n) is 10.9. The highest BCUT2D eigenvalue weighted by Gasteiger charge is 2.42. The van der Waals surface area contributed by atoms with Gasteiger partial charge >= 0.3 is 0 Å². The molecule has 1 unspecified atom stereocenters. The fourth-order valence-corrected chi connectivity index (χ4v) is 2.11. The number of benzene rings is 1. The highest BCUT2D eigenvalue weighted by molar-refractivity contribution is 5.82. The van der Waals surface area contributed by atoms with E-state index in [0.29, 0.717) is 13.0 Å². The molecule has 1 saturated heterocycles. The SMILES string of the molecule is Cc1ccc(CCNC(=O)C2CC(F)(F)CN2)cc1. The van der Waals surface area contributed by atoms with Crippen LogP contribution in [0.25, 0.3) is 0 Å². The lowest BCUT2D eigenvalue weighted by molar-refractivity contribution is -0.123. The summed E-state index contributed by atoms with van der Waals surface area (Å²) in [5, 5.41) is 5.23. The first kappa shape index (κ1) is 13.9. The molecular formula is C14H18F2N2O. The summed E-state index contributed by atoms with van der Waals surface area (Å²) in [5.74, 6) is -3.11. The maximum absolute atomic E-state index is 12.9. The van der Waals surface area contributed by atoms with Crippen molar-refractivity contribution in [2.75, 3.05) is 13.1 Å². The van der Waals surface area contributed by atoms with E-state index in [0.717, 1.165) is 5.56 Å². The molecule has 3 nitrogen and oxygen atoms in total. The Morgan fingerprint density at radius 1 is 1.42 bits per heavy atom. The number of nitrogens with one attached hydrogen (secondary N) is 2. The minimum atomic E-state index is -2.76. The number of carbonyl (C=O) groups is 1. The quantitative estimate of drug-likeness (QED) is 0.872. The molecular weight excluding hydrogens is 250 g/mol. The van der Waals surface area contributed by atoms with Crippen LogP contribution in [0.3, 0.4) is 0 Å². The van der Waals surface area contributed by atoms with E-state index in [1.54, 1.807) is 0 Å². The van der Waals surface area contributed by atoms with Crippen LogP contribution in [-0.4, -0.2) is 31.0 Å². The van der Waals surface area contributed by atoms with Crippen molar-refractivity contribution in [1.29, 1.82) is 0 Å². The molecule has 0 aromatic heterocycles. The molecule has 1 atom stereocenters. The van der Waals surface area contributed by atoms with E-state index in [1.807, 2.05) is 31.2 Å². The molecule has 1 aromatic carbocycles. The zero-order valence-corrected chi connectivity index (χ0v) is 10.9. The number of rotatable bonds is 4. The molecule has 0 spiro atoms. The first-order valence-electron chi connectivity index (χ1n) is 6.41. The molecule has 0 bridgehead atoms. The van der Waals surface area contributed by atoms with Gasteiger partial charge in [-0.3, -0.25) is 10.1 Å². The van der Waals surface area contributed by atoms with Gasteiger partial charge in [0.15, 0.2) is 0 Å². The highest BCUT2D eigenvalue weighted by Crippen LogP contribution is 2.24. The zero-order chi connectivity index (χ0) is 13.9. The average Bonchev–Trinajstić information content (AvgIpc) is 2.72. The normalized spacial score (nSPS) is 21.3. The van der Waals surface area contributed by atoms with Crippen LogP contribution in [0.1, 0.15) is 17.5 Å². The summed E-state index contributed by atoms with van der Waals surface area (Å²) >= 11 is 0. The van der Waals surface area contributed by atoms with E-state index >= 15 is 0 Å². The Bertz CT molecular complexity index is 445. The first-order chi connectivity index (χ1) is 8.96. The second-order valence-corrected chi connectivity index (χ2v) is 5.02. The van der Waals surface area contributed by atoms with Crippen molar-refractivity contribution in [3.8, 4) is 0 Å². The number of hydrogen-bond donors (Lipinski definition) is 2. The van der Waals surface area contributed by atoms with Gasteiger partial charge in [0.05, 0.1) is 12.6 Å². The van der Waals surface area contributed by atoms with Crippen LogP contribution in [0.4, 0.5) is 8.78 Å². The van der Waals surface area contributed by atoms with E-state index in [4.69, 9.17) is 0 Å². The smallest absolute Gasteiger partial charge is 0.262 e. The van der Waals surface area contributed by atoms with Crippen molar-refractivity contribution in [3.63, 3.8) is 0 Å². The average molecular weight is 268 g/mol. The number of alkyl halides is 2. The Balaban J connectivity index is 1.74. The van der Waals surface area contributed by atoms with E-state index in [1.165, 1.54) is 5.56 Å². The van der Waals surface area contributed by atoms with Gasteiger partial charge in [-0.25, -0.2) is 8.78 Å². The van der Waals surface area contributed by atoms with Gasteiger partial charge in [0, 0.05) is 13.0 Å². The molecule has 104 valence electrons. The van der Waals surface area contributed by atoms with Crippen LogP contribution in [0.2, 0.25) is 0 Å². The van der Waals surface area contributed by atoms with Gasteiger partial charge in [-0.1, -0.05) is 29.8 Å². The lowest BCUT2D eigenvalue weighted by Crippen LogP contribution is -2.41. The van der Waals surface area contributed by atoms with E-state index in [2.05, 4.69) is 10.6 Å². The summed E-state index contributed by atoms with van der Waals surface area (Å²) in [7, 11) is 0. The maximum atomic E-state index is 12.9. The predicted molar refractivity (Wildman–Crippen MR) is 69.2 cm³/mol. The largest absolute Gasteiger partial charge is 0.354 e. The summed E-state index contributed by atoms with van der Waals surface area (Å²) in [4.78, 5) is 11.7. The fourth-order valence-electron chi connectivity index (χ4n) is 2.11. The van der Waals surface area contributed by atoms with Crippen LogP contribution >= 0.6 is 0 Å². The number of carbonyl (C=O) groups excluding carboxylic acids is 1. The molecule has 0 saturated carbocycles. The van der Waals surface area contributed by atoms with Crippen LogP contribution in [0.5, 0.6) is 0 Å². The van der Waals surface area contributed by atoms with Crippen molar-refractivity contribution >= 4 is 5.91 Å². The molecule has 19 heavy (non-hydrogen) atoms. The van der Waals surface area contributed by atoms with Crippen LogP contribution < -0.4 is 10.6 Å². The molecule has 1 aromatic rings. The van der Waals surface area contributed by atoms with Gasteiger partial charge in [-0.2, -0.15) is 0 Å². The minimum Gasteiger partial charge on any atom is -0.354 e. The number of hydrogen-bond acceptors (Lipinski definition) is 2. The second kappa shape index (κ2) is 5.65. The van der Waals surface area contributed by atoms with Gasteiger partial charge in [0.2, 0.25) is 5.91 Å². The van der Waals surface area contributed by atoms with Crippen molar-refractivity contribution in [3.05, 3.63) is 35.4 Å². The predicted octanol–water partition coefficient (Wildman–Crippen LogP) is 1.65. The van der Waals surface area contributed by atoms with Crippen molar-refractivity contribution < 1.29 is 13.6 Å². The van der Waals surface area contributed by atoms with Crippen LogP contribution in [0, 0.1) is 6.92 Å². The Labute approximate surface area is 111 Å². The second-order valence-electron chi connectivity index (χ2n) is 5.02. The summed E-state index contributed by atoms with van der Waals surface area (Å²) in [6.45, 7) is 2.06. The van der Waals surface area contributed by atoms with Gasteiger partial charge in [0.25, 0.3) is 5.92 Å². The van der Waals surface area contributed by atoms with Crippen LogP contribution in [-0.2, 0) is 11.2 Å². The third-order valence-corrected chi connectivity index (χ3v) is 3.26. The van der Waals surface area contributed by atoms with Gasteiger partial charge in [-0.05, 0) is 18.9 Å². The first-order valence-corrected chi connectivity index (χ1v) is 6.41.